The van der Waals surface area contributed by atoms with Crippen molar-refractivity contribution in [3.63, 3.8) is 0 Å². The van der Waals surface area contributed by atoms with E-state index in [0.717, 1.165) is 6.07 Å². The quantitative estimate of drug-likeness (QED) is 0.714. The Morgan fingerprint density at radius 3 is 2.52 bits per heavy atom. The van der Waals surface area contributed by atoms with Crippen LogP contribution < -0.4 is 0 Å². The lowest BCUT2D eigenvalue weighted by Crippen LogP contribution is -2.21. The number of aryl methyl sites for hydroxylation is 1. The Hall–Kier alpha value is -2.97. The Labute approximate surface area is 141 Å². The highest BCUT2D eigenvalue weighted by Gasteiger charge is 2.33. The molecule has 3 aromatic heterocycles. The van der Waals surface area contributed by atoms with Gasteiger partial charge in [-0.3, -0.25) is 14.2 Å². The number of hydrogen-bond donors (Lipinski definition) is 0. The highest BCUT2D eigenvalue weighted by Crippen LogP contribution is 2.31. The first-order valence-electron chi connectivity index (χ1n) is 7.28. The molecule has 0 fully saturated rings. The van der Waals surface area contributed by atoms with Gasteiger partial charge in [-0.1, -0.05) is 0 Å². The number of hydrogen-bond acceptors (Lipinski definition) is 4. The average molecular weight is 349 g/mol. The Morgan fingerprint density at radius 2 is 1.88 bits per heavy atom. The van der Waals surface area contributed by atoms with Gasteiger partial charge in [0, 0.05) is 31.5 Å². The van der Waals surface area contributed by atoms with Crippen LogP contribution in [0.1, 0.15) is 21.9 Å². The van der Waals surface area contributed by atoms with E-state index in [1.54, 1.807) is 18.5 Å². The molecule has 0 saturated heterocycles. The van der Waals surface area contributed by atoms with Crippen LogP contribution in [0, 0.1) is 6.92 Å². The van der Waals surface area contributed by atoms with Gasteiger partial charge < -0.3 is 4.90 Å². The molecule has 0 atom stereocenters. The van der Waals surface area contributed by atoms with Crippen molar-refractivity contribution >= 4 is 11.6 Å². The third kappa shape index (κ3) is 3.17. The predicted molar refractivity (Wildman–Crippen MR) is 84.0 cm³/mol. The fraction of sp³-hybridized carbons (Fsp3) is 0.250. The summed E-state index contributed by atoms with van der Waals surface area (Å²) >= 11 is 0. The van der Waals surface area contributed by atoms with Crippen molar-refractivity contribution in [1.82, 2.24) is 24.3 Å². The van der Waals surface area contributed by atoms with Crippen LogP contribution in [-0.4, -0.2) is 44.3 Å². The van der Waals surface area contributed by atoms with Gasteiger partial charge in [-0.05, 0) is 19.1 Å². The molecule has 0 N–H and O–H groups in total. The third-order valence-corrected chi connectivity index (χ3v) is 3.54. The van der Waals surface area contributed by atoms with E-state index in [1.165, 1.54) is 36.5 Å². The number of rotatable bonds is 2. The molecular weight excluding hydrogens is 335 g/mol. The first-order chi connectivity index (χ1) is 11.7. The van der Waals surface area contributed by atoms with Crippen LogP contribution in [-0.2, 0) is 6.18 Å². The standard InChI is InChI=1S/C16H14F3N5O/c1-9-4-10(5-13(21-9)16(17,18)19)12-6-20-7-14-22-11(8-24(12)14)15(25)23(2)3/h4-8H,1-3H3. The second-order valence-electron chi connectivity index (χ2n) is 5.73. The minimum atomic E-state index is -4.55. The zero-order chi connectivity index (χ0) is 18.4. The average Bonchev–Trinajstić information content (AvgIpc) is 2.96. The SMILES string of the molecule is Cc1cc(-c2cncc3nc(C(=O)N(C)C)cn23)cc(C(F)(F)F)n1. The van der Waals surface area contributed by atoms with Gasteiger partial charge in [0.05, 0.1) is 18.1 Å². The van der Waals surface area contributed by atoms with E-state index in [2.05, 4.69) is 15.0 Å². The van der Waals surface area contributed by atoms with Gasteiger partial charge >= 0.3 is 6.18 Å². The van der Waals surface area contributed by atoms with E-state index in [9.17, 15) is 18.0 Å². The summed E-state index contributed by atoms with van der Waals surface area (Å²) in [6, 6.07) is 2.48. The first kappa shape index (κ1) is 16.9. The van der Waals surface area contributed by atoms with Crippen LogP contribution >= 0.6 is 0 Å². The molecule has 0 aliphatic rings. The van der Waals surface area contributed by atoms with E-state index in [-0.39, 0.29) is 17.3 Å². The summed E-state index contributed by atoms with van der Waals surface area (Å²) in [6.07, 6.45) is -0.205. The van der Waals surface area contributed by atoms with Crippen molar-refractivity contribution < 1.29 is 18.0 Å². The first-order valence-corrected chi connectivity index (χ1v) is 7.28. The fourth-order valence-electron chi connectivity index (χ4n) is 2.42. The Bertz CT molecular complexity index is 962. The molecule has 3 heterocycles. The molecule has 9 heteroatoms. The van der Waals surface area contributed by atoms with E-state index in [1.807, 2.05) is 0 Å². The number of carbonyl (C=O) groups excluding carboxylic acids is 1. The number of pyridine rings is 1. The molecule has 0 aliphatic heterocycles. The molecule has 0 radical (unpaired) electrons. The molecule has 1 amide bonds. The molecule has 0 spiro atoms. The van der Waals surface area contributed by atoms with Gasteiger partial charge in [0.1, 0.15) is 11.4 Å². The van der Waals surface area contributed by atoms with Crippen molar-refractivity contribution in [2.75, 3.05) is 14.1 Å². The smallest absolute Gasteiger partial charge is 0.343 e. The van der Waals surface area contributed by atoms with Gasteiger partial charge in [-0.25, -0.2) is 9.97 Å². The summed E-state index contributed by atoms with van der Waals surface area (Å²) in [7, 11) is 3.18. The lowest BCUT2D eigenvalue weighted by Gasteiger charge is -2.10. The topological polar surface area (TPSA) is 63.4 Å². The third-order valence-electron chi connectivity index (χ3n) is 3.54. The van der Waals surface area contributed by atoms with E-state index in [4.69, 9.17) is 0 Å². The number of alkyl halides is 3. The van der Waals surface area contributed by atoms with Crippen LogP contribution in [0.25, 0.3) is 16.9 Å². The zero-order valence-corrected chi connectivity index (χ0v) is 13.7. The monoisotopic (exact) mass is 349 g/mol. The van der Waals surface area contributed by atoms with Gasteiger partial charge in [-0.2, -0.15) is 13.2 Å². The molecule has 130 valence electrons. The molecule has 0 unspecified atom stereocenters. The van der Waals surface area contributed by atoms with Gasteiger partial charge in [0.15, 0.2) is 5.65 Å². The summed E-state index contributed by atoms with van der Waals surface area (Å²) < 4.78 is 40.6. The Kier molecular flexibility index (Phi) is 3.94. The number of amides is 1. The maximum absolute atomic E-state index is 13.0. The van der Waals surface area contributed by atoms with Crippen LogP contribution in [0.3, 0.4) is 0 Å². The van der Waals surface area contributed by atoms with Crippen molar-refractivity contribution in [2.45, 2.75) is 13.1 Å². The maximum Gasteiger partial charge on any atom is 0.433 e. The zero-order valence-electron chi connectivity index (χ0n) is 13.7. The van der Waals surface area contributed by atoms with Gasteiger partial charge in [0.25, 0.3) is 5.91 Å². The van der Waals surface area contributed by atoms with Crippen molar-refractivity contribution in [1.29, 1.82) is 0 Å². The Balaban J connectivity index is 2.20. The summed E-state index contributed by atoms with van der Waals surface area (Å²) in [4.78, 5) is 25.2. The summed E-state index contributed by atoms with van der Waals surface area (Å²) in [5.41, 5.74) is 0.473. The van der Waals surface area contributed by atoms with Gasteiger partial charge in [0.2, 0.25) is 0 Å². The minimum absolute atomic E-state index is 0.182. The number of halogens is 3. The number of imidazole rings is 1. The predicted octanol–water partition coefficient (Wildman–Crippen LogP) is 2.82. The van der Waals surface area contributed by atoms with E-state index >= 15 is 0 Å². The van der Waals surface area contributed by atoms with Crippen LogP contribution in [0.4, 0.5) is 13.2 Å². The second-order valence-corrected chi connectivity index (χ2v) is 5.73. The molecule has 3 rings (SSSR count). The lowest BCUT2D eigenvalue weighted by molar-refractivity contribution is -0.141. The molecule has 0 saturated carbocycles. The number of aromatic nitrogens is 4. The van der Waals surface area contributed by atoms with E-state index < -0.39 is 11.9 Å². The largest absolute Gasteiger partial charge is 0.433 e. The fourth-order valence-corrected chi connectivity index (χ4v) is 2.42. The molecule has 0 aliphatic carbocycles. The maximum atomic E-state index is 13.0. The van der Waals surface area contributed by atoms with Crippen LogP contribution in [0.5, 0.6) is 0 Å². The molecule has 6 nitrogen and oxygen atoms in total. The highest BCUT2D eigenvalue weighted by atomic mass is 19.4. The van der Waals surface area contributed by atoms with E-state index in [0.29, 0.717) is 16.9 Å². The summed E-state index contributed by atoms with van der Waals surface area (Å²) in [5, 5.41) is 0. The van der Waals surface area contributed by atoms with Crippen LogP contribution in [0.15, 0.2) is 30.7 Å². The minimum Gasteiger partial charge on any atom is -0.343 e. The molecule has 25 heavy (non-hydrogen) atoms. The summed E-state index contributed by atoms with van der Waals surface area (Å²) in [6.45, 7) is 1.49. The number of nitrogens with zero attached hydrogens (tertiary/aromatic N) is 5. The molecule has 0 aromatic carbocycles. The molecular formula is C16H14F3N5O. The van der Waals surface area contributed by atoms with Crippen LogP contribution in [0.2, 0.25) is 0 Å². The Morgan fingerprint density at radius 1 is 1.16 bits per heavy atom. The highest BCUT2D eigenvalue weighted by molar-refractivity contribution is 5.92. The number of carbonyl (C=O) groups is 1. The number of fused-ring (bicyclic) bond motifs is 1. The normalized spacial score (nSPS) is 11.8. The molecule has 3 aromatic rings. The lowest BCUT2D eigenvalue weighted by atomic mass is 10.1. The van der Waals surface area contributed by atoms with Crippen molar-refractivity contribution in [3.8, 4) is 11.3 Å². The van der Waals surface area contributed by atoms with Crippen molar-refractivity contribution in [2.24, 2.45) is 0 Å². The molecule has 0 bridgehead atoms. The van der Waals surface area contributed by atoms with Crippen molar-refractivity contribution in [3.05, 3.63) is 47.8 Å². The second kappa shape index (κ2) is 5.83. The van der Waals surface area contributed by atoms with Gasteiger partial charge in [-0.15, -0.1) is 0 Å². The summed E-state index contributed by atoms with van der Waals surface area (Å²) in [5.74, 6) is -0.309.